The van der Waals surface area contributed by atoms with E-state index >= 15 is 0 Å². The van der Waals surface area contributed by atoms with Gasteiger partial charge >= 0.3 is 6.08 Å². The Morgan fingerprint density at radius 2 is 2.25 bits per heavy atom. The van der Waals surface area contributed by atoms with Gasteiger partial charge in [0.25, 0.3) is 0 Å². The SMILES string of the molecule is COc1nc2cccc(C)c2o1. The Balaban J connectivity index is 2.74. The molecule has 1 heterocycles. The molecule has 0 atom stereocenters. The van der Waals surface area contributed by atoms with Crippen LogP contribution in [-0.4, -0.2) is 12.1 Å². The van der Waals surface area contributed by atoms with E-state index in [-0.39, 0.29) is 0 Å². The van der Waals surface area contributed by atoms with Crippen LogP contribution in [0.2, 0.25) is 0 Å². The van der Waals surface area contributed by atoms with E-state index in [0.717, 1.165) is 16.7 Å². The molecule has 0 aliphatic carbocycles. The number of rotatable bonds is 1. The van der Waals surface area contributed by atoms with Crippen LogP contribution in [0.25, 0.3) is 11.1 Å². The number of para-hydroxylation sites is 1. The number of fused-ring (bicyclic) bond motifs is 1. The molecular weight excluding hydrogens is 154 g/mol. The number of methoxy groups -OCH3 is 1. The van der Waals surface area contributed by atoms with Crippen LogP contribution in [0, 0.1) is 6.92 Å². The summed E-state index contributed by atoms with van der Waals surface area (Å²) in [5.41, 5.74) is 2.71. The molecule has 0 bridgehead atoms. The average molecular weight is 163 g/mol. The Labute approximate surface area is 70.0 Å². The zero-order valence-corrected chi connectivity index (χ0v) is 7.00. The number of oxazole rings is 1. The number of nitrogens with zero attached hydrogens (tertiary/aromatic N) is 1. The van der Waals surface area contributed by atoms with Crippen molar-refractivity contribution in [1.29, 1.82) is 0 Å². The summed E-state index contributed by atoms with van der Waals surface area (Å²) in [6.07, 6.45) is 0.319. The van der Waals surface area contributed by atoms with Crippen LogP contribution in [0.5, 0.6) is 6.08 Å². The smallest absolute Gasteiger partial charge is 0.394 e. The first-order chi connectivity index (χ1) is 5.81. The number of aromatic nitrogens is 1. The number of ether oxygens (including phenoxy) is 1. The lowest BCUT2D eigenvalue weighted by Crippen LogP contribution is -1.79. The van der Waals surface area contributed by atoms with Gasteiger partial charge in [-0.2, -0.15) is 4.98 Å². The van der Waals surface area contributed by atoms with Crippen LogP contribution >= 0.6 is 0 Å². The predicted molar refractivity (Wildman–Crippen MR) is 45.3 cm³/mol. The average Bonchev–Trinajstić information content (AvgIpc) is 2.49. The topological polar surface area (TPSA) is 35.3 Å². The van der Waals surface area contributed by atoms with Crippen molar-refractivity contribution >= 4 is 11.1 Å². The van der Waals surface area contributed by atoms with Crippen molar-refractivity contribution in [2.75, 3.05) is 7.11 Å². The van der Waals surface area contributed by atoms with E-state index < -0.39 is 0 Å². The van der Waals surface area contributed by atoms with Gasteiger partial charge in [0, 0.05) is 0 Å². The van der Waals surface area contributed by atoms with Gasteiger partial charge in [-0.1, -0.05) is 12.1 Å². The molecule has 1 aromatic heterocycles. The molecule has 2 aromatic rings. The predicted octanol–water partition coefficient (Wildman–Crippen LogP) is 2.14. The molecule has 0 saturated carbocycles. The molecule has 0 fully saturated rings. The minimum absolute atomic E-state index is 0.319. The lowest BCUT2D eigenvalue weighted by molar-refractivity contribution is 0.299. The van der Waals surface area contributed by atoms with E-state index in [4.69, 9.17) is 9.15 Å². The number of hydrogen-bond acceptors (Lipinski definition) is 3. The Bertz CT molecular complexity index is 406. The zero-order valence-electron chi connectivity index (χ0n) is 7.00. The van der Waals surface area contributed by atoms with Crippen molar-refractivity contribution in [3.63, 3.8) is 0 Å². The third-order valence-electron chi connectivity index (χ3n) is 1.77. The summed E-state index contributed by atoms with van der Waals surface area (Å²) in [5, 5.41) is 0. The highest BCUT2D eigenvalue weighted by Crippen LogP contribution is 2.22. The van der Waals surface area contributed by atoms with Gasteiger partial charge in [0.1, 0.15) is 5.52 Å². The van der Waals surface area contributed by atoms with E-state index in [1.807, 2.05) is 25.1 Å². The molecule has 0 aliphatic rings. The van der Waals surface area contributed by atoms with Crippen molar-refractivity contribution in [3.05, 3.63) is 23.8 Å². The summed E-state index contributed by atoms with van der Waals surface area (Å²) in [4.78, 5) is 4.10. The first-order valence-corrected chi connectivity index (χ1v) is 3.71. The minimum atomic E-state index is 0.319. The van der Waals surface area contributed by atoms with Crippen LogP contribution in [0.3, 0.4) is 0 Å². The van der Waals surface area contributed by atoms with E-state index in [1.54, 1.807) is 7.11 Å². The monoisotopic (exact) mass is 163 g/mol. The fraction of sp³-hybridized carbons (Fsp3) is 0.222. The molecule has 0 radical (unpaired) electrons. The molecule has 12 heavy (non-hydrogen) atoms. The van der Waals surface area contributed by atoms with E-state index in [9.17, 15) is 0 Å². The maximum absolute atomic E-state index is 5.31. The summed E-state index contributed by atoms with van der Waals surface area (Å²) in [5.74, 6) is 0. The zero-order chi connectivity index (χ0) is 8.55. The second kappa shape index (κ2) is 2.52. The second-order valence-electron chi connectivity index (χ2n) is 2.61. The quantitative estimate of drug-likeness (QED) is 0.646. The number of aryl methyl sites for hydroxylation is 1. The number of benzene rings is 1. The van der Waals surface area contributed by atoms with Crippen molar-refractivity contribution < 1.29 is 9.15 Å². The van der Waals surface area contributed by atoms with E-state index in [1.165, 1.54) is 0 Å². The van der Waals surface area contributed by atoms with E-state index in [0.29, 0.717) is 6.08 Å². The Morgan fingerprint density at radius 3 is 2.92 bits per heavy atom. The molecule has 0 unspecified atom stereocenters. The third kappa shape index (κ3) is 0.942. The van der Waals surface area contributed by atoms with Crippen molar-refractivity contribution in [2.24, 2.45) is 0 Å². The molecule has 3 nitrogen and oxygen atoms in total. The fourth-order valence-corrected chi connectivity index (χ4v) is 1.15. The Hall–Kier alpha value is -1.51. The maximum atomic E-state index is 5.31. The lowest BCUT2D eigenvalue weighted by atomic mass is 10.2. The van der Waals surface area contributed by atoms with Crippen molar-refractivity contribution in [2.45, 2.75) is 6.92 Å². The molecular formula is C9H9NO2. The summed E-state index contributed by atoms with van der Waals surface area (Å²) in [6, 6.07) is 5.82. The first kappa shape index (κ1) is 7.16. The summed E-state index contributed by atoms with van der Waals surface area (Å²) < 4.78 is 10.2. The normalized spacial score (nSPS) is 10.5. The Morgan fingerprint density at radius 1 is 1.42 bits per heavy atom. The van der Waals surface area contributed by atoms with Crippen LogP contribution in [0.1, 0.15) is 5.56 Å². The van der Waals surface area contributed by atoms with Crippen molar-refractivity contribution in [3.8, 4) is 6.08 Å². The standard InChI is InChI=1S/C9H9NO2/c1-6-4-3-5-7-8(6)12-9(10-7)11-2/h3-5H,1-2H3. The molecule has 2 rings (SSSR count). The Kier molecular flexibility index (Phi) is 1.50. The van der Waals surface area contributed by atoms with Gasteiger partial charge in [-0.25, -0.2) is 0 Å². The molecule has 3 heteroatoms. The molecule has 0 saturated heterocycles. The molecule has 0 N–H and O–H groups in total. The van der Waals surface area contributed by atoms with Crippen LogP contribution < -0.4 is 4.74 Å². The fourth-order valence-electron chi connectivity index (χ4n) is 1.15. The molecule has 0 spiro atoms. The molecule has 1 aromatic carbocycles. The largest absolute Gasteiger partial charge is 0.453 e. The highest BCUT2D eigenvalue weighted by molar-refractivity contribution is 5.76. The van der Waals surface area contributed by atoms with Crippen molar-refractivity contribution in [1.82, 2.24) is 4.98 Å². The van der Waals surface area contributed by atoms with Gasteiger partial charge in [0.2, 0.25) is 0 Å². The van der Waals surface area contributed by atoms with Gasteiger partial charge in [0.05, 0.1) is 7.11 Å². The highest BCUT2D eigenvalue weighted by atomic mass is 16.6. The van der Waals surface area contributed by atoms with Gasteiger partial charge in [0.15, 0.2) is 5.58 Å². The van der Waals surface area contributed by atoms with Gasteiger partial charge in [-0.15, -0.1) is 0 Å². The van der Waals surface area contributed by atoms with Crippen LogP contribution in [0.4, 0.5) is 0 Å². The van der Waals surface area contributed by atoms with Crippen LogP contribution in [-0.2, 0) is 0 Å². The van der Waals surface area contributed by atoms with E-state index in [2.05, 4.69) is 4.98 Å². The third-order valence-corrected chi connectivity index (χ3v) is 1.77. The van der Waals surface area contributed by atoms with Crippen LogP contribution in [0.15, 0.2) is 22.6 Å². The summed E-state index contributed by atoms with van der Waals surface area (Å²) in [6.45, 7) is 1.98. The molecule has 62 valence electrons. The first-order valence-electron chi connectivity index (χ1n) is 3.71. The van der Waals surface area contributed by atoms with Gasteiger partial charge in [-0.3, -0.25) is 0 Å². The number of hydrogen-bond donors (Lipinski definition) is 0. The minimum Gasteiger partial charge on any atom is -0.453 e. The molecule has 0 amide bonds. The lowest BCUT2D eigenvalue weighted by Gasteiger charge is -1.89. The summed E-state index contributed by atoms with van der Waals surface area (Å²) >= 11 is 0. The molecule has 0 aliphatic heterocycles. The maximum Gasteiger partial charge on any atom is 0.394 e. The second-order valence-corrected chi connectivity index (χ2v) is 2.61. The highest BCUT2D eigenvalue weighted by Gasteiger charge is 2.06. The van der Waals surface area contributed by atoms with Gasteiger partial charge < -0.3 is 9.15 Å². The summed E-state index contributed by atoms with van der Waals surface area (Å²) in [7, 11) is 1.54. The van der Waals surface area contributed by atoms with Gasteiger partial charge in [-0.05, 0) is 18.6 Å².